The van der Waals surface area contributed by atoms with Gasteiger partial charge in [0.15, 0.2) is 0 Å². The van der Waals surface area contributed by atoms with E-state index in [0.29, 0.717) is 5.75 Å². The van der Waals surface area contributed by atoms with Crippen molar-refractivity contribution in [1.82, 2.24) is 10.1 Å². The number of hydrogen-bond acceptors (Lipinski definition) is 5. The van der Waals surface area contributed by atoms with Gasteiger partial charge >= 0.3 is 6.18 Å². The minimum Gasteiger partial charge on any atom is -0.450 e. The number of carbonyl (C=O) groups excluding carboxylic acids is 1. The van der Waals surface area contributed by atoms with Crippen LogP contribution in [-0.2, 0) is 6.18 Å². The van der Waals surface area contributed by atoms with Crippen LogP contribution in [0.25, 0.3) is 0 Å². The number of amides is 1. The van der Waals surface area contributed by atoms with E-state index in [9.17, 15) is 18.0 Å². The second-order valence-corrected chi connectivity index (χ2v) is 4.81. The molecule has 0 unspecified atom stereocenters. The van der Waals surface area contributed by atoms with Gasteiger partial charge in [0.1, 0.15) is 11.9 Å². The number of benzene rings is 1. The molecule has 6 nitrogen and oxygen atoms in total. The van der Waals surface area contributed by atoms with E-state index in [0.717, 1.165) is 18.5 Å². The Balaban J connectivity index is 1.83. The zero-order valence-corrected chi connectivity index (χ0v) is 12.4. The highest BCUT2D eigenvalue weighted by molar-refractivity contribution is 6.05. The summed E-state index contributed by atoms with van der Waals surface area (Å²) in [5.41, 5.74) is -1.75. The number of ether oxygens (including phenoxy) is 1. The molecule has 0 atom stereocenters. The van der Waals surface area contributed by atoms with Crippen LogP contribution in [-0.4, -0.2) is 16.0 Å². The molecule has 0 radical (unpaired) electrons. The summed E-state index contributed by atoms with van der Waals surface area (Å²) >= 11 is 0. The molecule has 2 heterocycles. The van der Waals surface area contributed by atoms with Gasteiger partial charge in [-0.05, 0) is 18.2 Å². The first-order chi connectivity index (χ1) is 11.9. The third-order valence-corrected chi connectivity index (χ3v) is 3.11. The summed E-state index contributed by atoms with van der Waals surface area (Å²) in [5.74, 6) is -0.767. The van der Waals surface area contributed by atoms with Gasteiger partial charge in [0.05, 0.1) is 11.1 Å². The maximum absolute atomic E-state index is 13.0. The predicted molar refractivity (Wildman–Crippen MR) is 80.2 cm³/mol. The average molecular weight is 349 g/mol. The number of nitrogens with zero attached hydrogens (tertiary/aromatic N) is 2. The van der Waals surface area contributed by atoms with Crippen LogP contribution in [0.4, 0.5) is 19.1 Å². The largest absolute Gasteiger partial charge is 0.450 e. The fourth-order valence-corrected chi connectivity index (χ4v) is 2.00. The summed E-state index contributed by atoms with van der Waals surface area (Å²) in [6.07, 6.45) is -1.72. The maximum atomic E-state index is 13.0. The third-order valence-electron chi connectivity index (χ3n) is 3.11. The van der Waals surface area contributed by atoms with E-state index >= 15 is 0 Å². The van der Waals surface area contributed by atoms with Crippen LogP contribution in [0, 0.1) is 0 Å². The Labute approximate surface area is 139 Å². The van der Waals surface area contributed by atoms with E-state index in [1.165, 1.54) is 6.20 Å². The van der Waals surface area contributed by atoms with Crippen LogP contribution in [0.1, 0.15) is 15.9 Å². The number of anilines is 1. The molecule has 2 aromatic heterocycles. The number of pyridine rings is 1. The van der Waals surface area contributed by atoms with Gasteiger partial charge < -0.3 is 9.26 Å². The molecule has 9 heteroatoms. The van der Waals surface area contributed by atoms with E-state index in [1.54, 1.807) is 30.3 Å². The lowest BCUT2D eigenvalue weighted by Crippen LogP contribution is -2.19. The molecule has 3 rings (SSSR count). The van der Waals surface area contributed by atoms with Crippen molar-refractivity contribution in [2.45, 2.75) is 6.18 Å². The quantitative estimate of drug-likeness (QED) is 0.766. The number of nitrogens with one attached hydrogen (secondary N) is 1. The number of hydrogen-bond donors (Lipinski definition) is 1. The van der Waals surface area contributed by atoms with Crippen LogP contribution in [0.2, 0.25) is 0 Å². The van der Waals surface area contributed by atoms with E-state index in [4.69, 9.17) is 9.26 Å². The standard InChI is InChI=1S/C16H10F3N3O3/c17-16(18,19)12-6-7-20-8-11(12)14(23)22-15-13(9-21-25-15)24-10-4-2-1-3-5-10/h1-9H,(H,22,23). The first kappa shape index (κ1) is 16.5. The van der Waals surface area contributed by atoms with Crippen molar-refractivity contribution in [1.29, 1.82) is 0 Å². The first-order valence-electron chi connectivity index (χ1n) is 6.95. The Hall–Kier alpha value is -3.36. The van der Waals surface area contributed by atoms with E-state index in [1.807, 2.05) is 0 Å². The molecule has 1 amide bonds. The molecule has 25 heavy (non-hydrogen) atoms. The van der Waals surface area contributed by atoms with Crippen molar-refractivity contribution in [3.05, 3.63) is 66.1 Å². The second-order valence-electron chi connectivity index (χ2n) is 4.81. The molecule has 0 aliphatic rings. The summed E-state index contributed by atoms with van der Waals surface area (Å²) in [4.78, 5) is 15.8. The van der Waals surface area contributed by atoms with Gasteiger partial charge in [-0.1, -0.05) is 23.4 Å². The lowest BCUT2D eigenvalue weighted by atomic mass is 10.1. The predicted octanol–water partition coefficient (Wildman–Crippen LogP) is 4.13. The van der Waals surface area contributed by atoms with Crippen molar-refractivity contribution in [2.24, 2.45) is 0 Å². The Bertz CT molecular complexity index is 879. The van der Waals surface area contributed by atoms with Gasteiger partial charge in [-0.2, -0.15) is 13.2 Å². The number of carbonyl (C=O) groups is 1. The Morgan fingerprint density at radius 1 is 1.12 bits per heavy atom. The second kappa shape index (κ2) is 6.63. The molecular weight excluding hydrogens is 339 g/mol. The lowest BCUT2D eigenvalue weighted by molar-refractivity contribution is -0.138. The number of halogens is 3. The van der Waals surface area contributed by atoms with Crippen LogP contribution in [0.15, 0.2) is 59.5 Å². The zero-order valence-electron chi connectivity index (χ0n) is 12.4. The summed E-state index contributed by atoms with van der Waals surface area (Å²) in [7, 11) is 0. The van der Waals surface area contributed by atoms with Gasteiger partial charge in [-0.15, -0.1) is 0 Å². The maximum Gasteiger partial charge on any atom is 0.417 e. The lowest BCUT2D eigenvalue weighted by Gasteiger charge is -2.11. The summed E-state index contributed by atoms with van der Waals surface area (Å²) < 4.78 is 49.3. The number of alkyl halides is 3. The minimum atomic E-state index is -4.69. The van der Waals surface area contributed by atoms with E-state index in [-0.39, 0.29) is 11.6 Å². The molecule has 0 spiro atoms. The van der Waals surface area contributed by atoms with Crippen LogP contribution in [0.3, 0.4) is 0 Å². The smallest absolute Gasteiger partial charge is 0.417 e. The molecule has 0 aliphatic heterocycles. The van der Waals surface area contributed by atoms with E-state index in [2.05, 4.69) is 15.5 Å². The van der Waals surface area contributed by atoms with Crippen molar-refractivity contribution in [2.75, 3.05) is 5.32 Å². The molecule has 0 saturated heterocycles. The molecule has 0 fully saturated rings. The highest BCUT2D eigenvalue weighted by Crippen LogP contribution is 2.33. The molecule has 0 aliphatic carbocycles. The molecule has 0 bridgehead atoms. The average Bonchev–Trinajstić information content (AvgIpc) is 3.02. The van der Waals surface area contributed by atoms with Crippen molar-refractivity contribution in [3.8, 4) is 11.5 Å². The zero-order chi connectivity index (χ0) is 17.9. The van der Waals surface area contributed by atoms with Crippen molar-refractivity contribution >= 4 is 11.8 Å². The van der Waals surface area contributed by atoms with Crippen molar-refractivity contribution < 1.29 is 27.2 Å². The van der Waals surface area contributed by atoms with Crippen molar-refractivity contribution in [3.63, 3.8) is 0 Å². The summed E-state index contributed by atoms with van der Waals surface area (Å²) in [6.45, 7) is 0. The Kier molecular flexibility index (Phi) is 4.38. The van der Waals surface area contributed by atoms with Gasteiger partial charge in [0.25, 0.3) is 11.8 Å². The number of aromatic nitrogens is 2. The van der Waals surface area contributed by atoms with Gasteiger partial charge in [0.2, 0.25) is 5.75 Å². The fraction of sp³-hybridized carbons (Fsp3) is 0.0625. The van der Waals surface area contributed by atoms with Crippen LogP contribution < -0.4 is 10.1 Å². The van der Waals surface area contributed by atoms with Gasteiger partial charge in [-0.3, -0.25) is 15.1 Å². The topological polar surface area (TPSA) is 77.2 Å². The SMILES string of the molecule is O=C(Nc1oncc1Oc1ccccc1)c1cnccc1C(F)(F)F. The van der Waals surface area contributed by atoms with Crippen LogP contribution in [0.5, 0.6) is 11.5 Å². The van der Waals surface area contributed by atoms with Gasteiger partial charge in [0, 0.05) is 12.4 Å². The Morgan fingerprint density at radius 2 is 1.88 bits per heavy atom. The molecule has 1 N–H and O–H groups in total. The molecular formula is C16H10F3N3O3. The molecule has 3 aromatic rings. The summed E-state index contributed by atoms with van der Waals surface area (Å²) in [6, 6.07) is 9.27. The molecule has 128 valence electrons. The molecule has 0 saturated carbocycles. The number of rotatable bonds is 4. The fourth-order valence-electron chi connectivity index (χ4n) is 2.00. The molecule has 1 aromatic carbocycles. The van der Waals surface area contributed by atoms with E-state index < -0.39 is 23.2 Å². The monoisotopic (exact) mass is 349 g/mol. The number of para-hydroxylation sites is 1. The minimum absolute atomic E-state index is 0.0528. The highest BCUT2D eigenvalue weighted by atomic mass is 19.4. The highest BCUT2D eigenvalue weighted by Gasteiger charge is 2.35. The van der Waals surface area contributed by atoms with Crippen LogP contribution >= 0.6 is 0 Å². The normalized spacial score (nSPS) is 11.2. The summed E-state index contributed by atoms with van der Waals surface area (Å²) in [5, 5.41) is 5.69. The first-order valence-corrected chi connectivity index (χ1v) is 6.95. The third kappa shape index (κ3) is 3.77. The Morgan fingerprint density at radius 3 is 2.60 bits per heavy atom. The van der Waals surface area contributed by atoms with Gasteiger partial charge in [-0.25, -0.2) is 0 Å².